The van der Waals surface area contributed by atoms with Crippen molar-refractivity contribution in [2.24, 2.45) is 75.6 Å². The van der Waals surface area contributed by atoms with E-state index in [0.717, 1.165) is 138 Å². The Kier molecular flexibility index (Phi) is 44.4. The lowest BCUT2D eigenvalue weighted by atomic mass is 10.1. The molecule has 7 unspecified atom stereocenters. The van der Waals surface area contributed by atoms with E-state index in [1.54, 1.807) is 0 Å². The van der Waals surface area contributed by atoms with E-state index in [4.69, 9.17) is 63.7 Å². The van der Waals surface area contributed by atoms with Crippen LogP contribution in [0.3, 0.4) is 0 Å². The van der Waals surface area contributed by atoms with Gasteiger partial charge in [0.2, 0.25) is 29.8 Å². The Morgan fingerprint density at radius 2 is 0.600 bits per heavy atom. The zero-order chi connectivity index (χ0) is 98.0. The Morgan fingerprint density at radius 3 is 0.941 bits per heavy atom. The number of nitrogens with one attached hydrogen (secondary N) is 17. The molecule has 0 bridgehead atoms. The SMILES string of the molecule is CC(C)NC1=NC(C)NC(=NCCc2ccc(Cl)cc2)N1.CC(C)NC1=NC(C)NC(=NCc2ccc(Cl)cc2)N1.CC1N=C(N(C)C)NC(=NCCc2ccc(Cl)cc2)N1.CC1N=C(N(C)C)NC(=NCc2ccc(Cl)cc2)N1.CC1N=C(N)NC(=NCCc2ccc(Cl)cc2)N1.Cc1cccc(NC2=NC(C)N=C(N(C)C)N2)c1.Cc1cccc(NC2=NC(C)N=C(NC(C)C)N2)c1. The molecular weight excluding hydrogens is 1810 g/mol. The molecule has 135 heavy (non-hydrogen) atoms. The summed E-state index contributed by atoms with van der Waals surface area (Å²) >= 11 is 29.3. The number of anilines is 2. The van der Waals surface area contributed by atoms with Crippen LogP contribution in [0.5, 0.6) is 0 Å². The normalized spacial score (nSPS) is 19.9. The van der Waals surface area contributed by atoms with E-state index in [1.165, 1.54) is 27.8 Å². The number of nitrogens with zero attached hydrogens (tertiary/aromatic N) is 17. The van der Waals surface area contributed by atoms with Crippen molar-refractivity contribution < 1.29 is 0 Å². The molecule has 40 heteroatoms. The fourth-order valence-electron chi connectivity index (χ4n) is 12.5. The van der Waals surface area contributed by atoms with Crippen molar-refractivity contribution in [3.63, 3.8) is 0 Å². The Labute approximate surface area is 821 Å². The summed E-state index contributed by atoms with van der Waals surface area (Å²) in [6.45, 7) is 33.7. The molecule has 7 aromatic rings. The lowest BCUT2D eigenvalue weighted by Crippen LogP contribution is -2.55. The second-order valence-electron chi connectivity index (χ2n) is 33.5. The van der Waals surface area contributed by atoms with E-state index >= 15 is 0 Å². The summed E-state index contributed by atoms with van der Waals surface area (Å²) < 4.78 is 0. The van der Waals surface area contributed by atoms with Gasteiger partial charge in [0.25, 0.3) is 0 Å². The molecule has 0 amide bonds. The van der Waals surface area contributed by atoms with E-state index in [1.807, 2.05) is 251 Å². The zero-order valence-electron chi connectivity index (χ0n) is 81.2. The number of halogens is 5. The quantitative estimate of drug-likeness (QED) is 0.0379. The maximum Gasteiger partial charge on any atom is 0.204 e. The van der Waals surface area contributed by atoms with Crippen molar-refractivity contribution >= 4 is 153 Å². The third-order valence-corrected chi connectivity index (χ3v) is 20.0. The summed E-state index contributed by atoms with van der Waals surface area (Å²) in [5.41, 5.74) is 16.0. The van der Waals surface area contributed by atoms with E-state index in [2.05, 4.69) is 240 Å². The molecule has 7 heterocycles. The first-order valence-corrected chi connectivity index (χ1v) is 46.8. The molecule has 7 atom stereocenters. The number of aryl methyl sites for hydroxylation is 2. The average molecular weight is 1950 g/mol. The Morgan fingerprint density at radius 1 is 0.319 bits per heavy atom. The summed E-state index contributed by atoms with van der Waals surface area (Å²) in [5.74, 6) is 10.2. The molecule has 726 valence electrons. The molecule has 0 fully saturated rings. The number of hydrogen-bond acceptors (Lipinski definition) is 25. The third-order valence-electron chi connectivity index (χ3n) is 18.8. The van der Waals surface area contributed by atoms with Crippen molar-refractivity contribution in [3.05, 3.63) is 234 Å². The van der Waals surface area contributed by atoms with Gasteiger partial charge >= 0.3 is 0 Å². The molecule has 14 rings (SSSR count). The van der Waals surface area contributed by atoms with Gasteiger partial charge in [-0.15, -0.1) is 0 Å². The van der Waals surface area contributed by atoms with Gasteiger partial charge in [-0.1, -0.05) is 143 Å². The van der Waals surface area contributed by atoms with E-state index in [0.29, 0.717) is 62.8 Å². The molecule has 0 spiro atoms. The first kappa shape index (κ1) is 108. The first-order chi connectivity index (χ1) is 64.3. The highest BCUT2D eigenvalue weighted by atomic mass is 35.5. The van der Waals surface area contributed by atoms with Gasteiger partial charge in [0.05, 0.1) is 13.1 Å². The maximum absolute atomic E-state index is 5.87. The van der Waals surface area contributed by atoms with Gasteiger partial charge in [-0.2, -0.15) is 0 Å². The Balaban J connectivity index is 0.000000194. The van der Waals surface area contributed by atoms with Crippen LogP contribution in [0.15, 0.2) is 240 Å². The van der Waals surface area contributed by atoms with Gasteiger partial charge in [-0.3, -0.25) is 52.2 Å². The Bertz CT molecular complexity index is 5330. The van der Waals surface area contributed by atoms with E-state index < -0.39 is 0 Å². The number of nitrogens with two attached hydrogens (primary N) is 1. The summed E-state index contributed by atoms with van der Waals surface area (Å²) in [5, 5.41) is 57.8. The third kappa shape index (κ3) is 42.5. The van der Waals surface area contributed by atoms with Gasteiger partial charge in [-0.05, 0) is 247 Å². The van der Waals surface area contributed by atoms with Crippen molar-refractivity contribution in [3.8, 4) is 0 Å². The van der Waals surface area contributed by atoms with Crippen LogP contribution < -0.4 is 96.1 Å². The second kappa shape index (κ2) is 55.7. The number of hydrogen-bond donors (Lipinski definition) is 18. The highest BCUT2D eigenvalue weighted by Gasteiger charge is 2.22. The zero-order valence-corrected chi connectivity index (χ0v) is 84.9. The van der Waals surface area contributed by atoms with Crippen molar-refractivity contribution in [1.29, 1.82) is 0 Å². The maximum atomic E-state index is 5.87. The van der Waals surface area contributed by atoms with Crippen LogP contribution in [-0.2, 0) is 32.4 Å². The van der Waals surface area contributed by atoms with Gasteiger partial charge in [0.1, 0.15) is 43.2 Å². The largest absolute Gasteiger partial charge is 0.370 e. The standard InChI is InChI=1S/C15H22ClN5.2C14H20ClN5.C14H21N5.C13H18ClN5.C13H19N5.C12H16ClN5/c1-10(2)18-15-20-11(3)19-14(21-15)17-9-8-12-4-6-13(16)7-5-12;1-10-17-13(19-14(18-10)20(2)3)16-9-8-11-4-6-12(15)7-5-11;1-9(2)17-14-19-10(3)18-13(20-14)16-8-11-4-6-12(15)7-5-11;1-9(2)15-13-16-11(4)17-14(19-13)18-12-7-5-6-10(3)8-12;1-9-16-12(18-13(17-9)19(2)3)15-8-10-4-6-11(14)7-5-10;1-9-6-5-7-11(8-9)16-12-14-10(2)15-13(17-12)18(3)4;1-8-16-11(14)18-12(17-8)15-7-6-9-2-4-10(13)5-3-9/h4-7,10-11H,8-9H2,1-3H3,(H3,17,18,19,20,21);4-7,10H,8-9H2,1-3H3,(H2,16,17,18,19);4-7,9-10H,8H2,1-3H3,(H3,16,17,18,19,20);5-9,11H,1-4H3,(H3,15,16,17,18,19);4-7,9H,8H2,1-3H3,(H2,15,16,17,18);5-8,10H,1-4H3,(H2,14,15,16,17);2-5,8H,6-7H2,1H3,(H4,14,15,16,17,18). The predicted octanol–water partition coefficient (Wildman–Crippen LogP) is 12.4. The monoisotopic (exact) mass is 1940 g/mol. The summed E-state index contributed by atoms with van der Waals surface area (Å²) in [7, 11) is 11.7. The molecule has 19 N–H and O–H groups in total. The fourth-order valence-corrected chi connectivity index (χ4v) is 13.1. The van der Waals surface area contributed by atoms with E-state index in [9.17, 15) is 0 Å². The minimum atomic E-state index is -0.0881. The van der Waals surface area contributed by atoms with Crippen LogP contribution in [0, 0.1) is 13.8 Å². The highest BCUT2D eigenvalue weighted by molar-refractivity contribution is 6.32. The summed E-state index contributed by atoms with van der Waals surface area (Å²) in [6, 6.07) is 56.2. The Hall–Kier alpha value is -12.8. The highest BCUT2D eigenvalue weighted by Crippen LogP contribution is 2.18. The van der Waals surface area contributed by atoms with Crippen LogP contribution >= 0.6 is 58.0 Å². The predicted molar refractivity (Wildman–Crippen MR) is 568 cm³/mol. The molecule has 0 saturated carbocycles. The molecule has 0 aliphatic carbocycles. The van der Waals surface area contributed by atoms with Crippen LogP contribution in [0.25, 0.3) is 0 Å². The molecule has 7 aliphatic rings. The molecule has 35 nitrogen and oxygen atoms in total. The molecule has 7 aromatic carbocycles. The number of guanidine groups is 14. The number of aliphatic imine (C=N–C) groups is 14. The van der Waals surface area contributed by atoms with Crippen molar-refractivity contribution in [2.45, 2.75) is 197 Å². The second-order valence-corrected chi connectivity index (χ2v) is 35.7. The summed E-state index contributed by atoms with van der Waals surface area (Å²) in [6.07, 6.45) is 2.48. The van der Waals surface area contributed by atoms with Crippen LogP contribution in [0.4, 0.5) is 11.4 Å². The minimum Gasteiger partial charge on any atom is -0.370 e. The van der Waals surface area contributed by atoms with Gasteiger partial charge in [0.15, 0.2) is 53.6 Å². The topological polar surface area (TPSA) is 413 Å². The molecule has 0 saturated heterocycles. The minimum absolute atomic E-state index is 0.00136. The van der Waals surface area contributed by atoms with Crippen LogP contribution in [0.1, 0.15) is 129 Å². The average Bonchev–Trinajstić information content (AvgIpc) is 0.858. The van der Waals surface area contributed by atoms with Gasteiger partial charge in [-0.25, -0.2) is 54.9 Å². The molecule has 0 aromatic heterocycles. The smallest absolute Gasteiger partial charge is 0.204 e. The summed E-state index contributed by atoms with van der Waals surface area (Å²) in [4.78, 5) is 67.8. The van der Waals surface area contributed by atoms with E-state index in [-0.39, 0.29) is 43.2 Å². The molecule has 7 aliphatic heterocycles. The van der Waals surface area contributed by atoms with Crippen molar-refractivity contribution in [2.75, 3.05) is 72.6 Å². The molecule has 0 radical (unpaired) electrons. The lowest BCUT2D eigenvalue weighted by Gasteiger charge is -2.26. The fraction of sp³-hybridized carbons (Fsp3) is 0.411. The van der Waals surface area contributed by atoms with Crippen LogP contribution in [-0.4, -0.2) is 221 Å². The van der Waals surface area contributed by atoms with Crippen LogP contribution in [0.2, 0.25) is 25.1 Å². The number of rotatable bonds is 18. The lowest BCUT2D eigenvalue weighted by molar-refractivity contribution is 0.559. The molecular formula is C95H136Cl5N35. The van der Waals surface area contributed by atoms with Crippen molar-refractivity contribution in [1.82, 2.24) is 94.5 Å². The number of benzene rings is 7. The van der Waals surface area contributed by atoms with Gasteiger partial charge < -0.3 is 73.6 Å². The van der Waals surface area contributed by atoms with Gasteiger partial charge in [0, 0.05) is 117 Å². The first-order valence-electron chi connectivity index (χ1n) is 45.0.